The maximum atomic E-state index is 13.9. The Morgan fingerprint density at radius 3 is 2.47 bits per heavy atom. The molecule has 0 fully saturated rings. The van der Waals surface area contributed by atoms with Gasteiger partial charge in [-0.2, -0.15) is 5.10 Å². The predicted octanol–water partition coefficient (Wildman–Crippen LogP) is 4.44. The van der Waals surface area contributed by atoms with Gasteiger partial charge in [-0.1, -0.05) is 53.6 Å². The van der Waals surface area contributed by atoms with E-state index in [2.05, 4.69) is 10.5 Å². The first-order valence-electron chi connectivity index (χ1n) is 9.61. The Kier molecular flexibility index (Phi) is 7.27. The van der Waals surface area contributed by atoms with Gasteiger partial charge in [-0.25, -0.2) is 18.2 Å². The second-order valence-corrected chi connectivity index (χ2v) is 9.31. The molecule has 3 aromatic rings. The van der Waals surface area contributed by atoms with E-state index in [4.69, 9.17) is 11.6 Å². The maximum absolute atomic E-state index is 13.9. The van der Waals surface area contributed by atoms with E-state index in [1.807, 2.05) is 13.0 Å². The molecule has 0 saturated heterocycles. The molecule has 0 aliphatic heterocycles. The molecule has 0 heterocycles. The second-order valence-electron chi connectivity index (χ2n) is 7.04. The monoisotopic (exact) mass is 473 g/mol. The van der Waals surface area contributed by atoms with Crippen molar-refractivity contribution in [3.8, 4) is 0 Å². The van der Waals surface area contributed by atoms with Gasteiger partial charge in [-0.3, -0.25) is 9.10 Å². The average molecular weight is 474 g/mol. The number of carbonyl (C=O) groups excluding carboxylic acids is 1. The van der Waals surface area contributed by atoms with Crippen molar-refractivity contribution in [2.45, 2.75) is 18.7 Å². The van der Waals surface area contributed by atoms with E-state index < -0.39 is 28.3 Å². The molecule has 0 aliphatic rings. The van der Waals surface area contributed by atoms with Crippen LogP contribution in [-0.2, 0) is 14.8 Å². The van der Waals surface area contributed by atoms with Crippen LogP contribution in [0.5, 0.6) is 0 Å². The second kappa shape index (κ2) is 9.93. The number of halogens is 2. The van der Waals surface area contributed by atoms with Crippen molar-refractivity contribution in [2.75, 3.05) is 10.8 Å². The molecule has 166 valence electrons. The number of amides is 1. The SMILES string of the molecule is Cc1ccc(N(CC(=O)N/N=C\c2c(F)cccc2Cl)S(=O)(=O)c2ccccc2)c(C)c1. The fourth-order valence-corrected chi connectivity index (χ4v) is 4.79. The van der Waals surface area contributed by atoms with Gasteiger partial charge in [0.2, 0.25) is 0 Å². The summed E-state index contributed by atoms with van der Waals surface area (Å²) in [5.74, 6) is -1.30. The first kappa shape index (κ1) is 23.4. The summed E-state index contributed by atoms with van der Waals surface area (Å²) in [6.45, 7) is 3.14. The van der Waals surface area contributed by atoms with Crippen molar-refractivity contribution < 1.29 is 17.6 Å². The minimum absolute atomic E-state index is 0.0117. The maximum Gasteiger partial charge on any atom is 0.264 e. The molecular weight excluding hydrogens is 453 g/mol. The van der Waals surface area contributed by atoms with Gasteiger partial charge in [0.1, 0.15) is 12.4 Å². The zero-order valence-corrected chi connectivity index (χ0v) is 19.0. The standard InChI is InChI=1S/C23H21ClFN3O3S/c1-16-11-12-22(17(2)13-16)28(32(30,31)18-7-4-3-5-8-18)15-23(29)27-26-14-19-20(24)9-6-10-21(19)25/h3-14H,15H2,1-2H3,(H,27,29)/b26-14-. The third-order valence-electron chi connectivity index (χ3n) is 4.62. The van der Waals surface area contributed by atoms with Crippen molar-refractivity contribution in [1.29, 1.82) is 0 Å². The van der Waals surface area contributed by atoms with Gasteiger partial charge in [-0.05, 0) is 49.7 Å². The van der Waals surface area contributed by atoms with E-state index in [9.17, 15) is 17.6 Å². The van der Waals surface area contributed by atoms with Gasteiger partial charge in [0, 0.05) is 5.56 Å². The molecule has 32 heavy (non-hydrogen) atoms. The van der Waals surface area contributed by atoms with E-state index >= 15 is 0 Å². The quantitative estimate of drug-likeness (QED) is 0.407. The Balaban J connectivity index is 1.89. The van der Waals surface area contributed by atoms with Gasteiger partial charge in [0.05, 0.1) is 21.8 Å². The van der Waals surface area contributed by atoms with E-state index in [1.54, 1.807) is 37.3 Å². The molecule has 1 amide bonds. The number of carbonyl (C=O) groups is 1. The van der Waals surface area contributed by atoms with Crippen LogP contribution in [0.2, 0.25) is 5.02 Å². The number of hydrogen-bond acceptors (Lipinski definition) is 4. The Bertz CT molecular complexity index is 1240. The number of sulfonamides is 1. The molecule has 0 aliphatic carbocycles. The van der Waals surface area contributed by atoms with E-state index in [-0.39, 0.29) is 15.5 Å². The Hall–Kier alpha value is -3.23. The first-order valence-corrected chi connectivity index (χ1v) is 11.4. The summed E-state index contributed by atoms with van der Waals surface area (Å²) in [6, 6.07) is 17.2. The summed E-state index contributed by atoms with van der Waals surface area (Å²) in [4.78, 5) is 12.6. The topological polar surface area (TPSA) is 78.8 Å². The van der Waals surface area contributed by atoms with Gasteiger partial charge in [-0.15, -0.1) is 0 Å². The Morgan fingerprint density at radius 2 is 1.81 bits per heavy atom. The lowest BCUT2D eigenvalue weighted by Gasteiger charge is -2.25. The molecule has 0 bridgehead atoms. The molecule has 1 N–H and O–H groups in total. The molecule has 3 aromatic carbocycles. The highest BCUT2D eigenvalue weighted by Gasteiger charge is 2.28. The van der Waals surface area contributed by atoms with Crippen LogP contribution in [0.3, 0.4) is 0 Å². The summed E-state index contributed by atoms with van der Waals surface area (Å²) in [5, 5.41) is 3.86. The summed E-state index contributed by atoms with van der Waals surface area (Å²) < 4.78 is 41.5. The van der Waals surface area contributed by atoms with Gasteiger partial charge < -0.3 is 0 Å². The molecule has 0 saturated carbocycles. The van der Waals surface area contributed by atoms with Crippen LogP contribution < -0.4 is 9.73 Å². The molecule has 0 aromatic heterocycles. The fourth-order valence-electron chi connectivity index (χ4n) is 3.07. The van der Waals surface area contributed by atoms with Crippen LogP contribution in [-0.4, -0.2) is 27.1 Å². The molecule has 3 rings (SSSR count). The summed E-state index contributed by atoms with van der Waals surface area (Å²) in [6.07, 6.45) is 1.07. The van der Waals surface area contributed by atoms with Crippen LogP contribution in [0.25, 0.3) is 0 Å². The molecule has 0 spiro atoms. The average Bonchev–Trinajstić information content (AvgIpc) is 2.75. The number of anilines is 1. The minimum Gasteiger partial charge on any atom is -0.271 e. The third-order valence-corrected chi connectivity index (χ3v) is 6.73. The molecule has 0 atom stereocenters. The Labute approximate surface area is 191 Å². The molecule has 6 nitrogen and oxygen atoms in total. The number of hydrogen-bond donors (Lipinski definition) is 1. The highest BCUT2D eigenvalue weighted by atomic mass is 35.5. The zero-order chi connectivity index (χ0) is 23.3. The number of rotatable bonds is 7. The third kappa shape index (κ3) is 5.33. The van der Waals surface area contributed by atoms with Crippen molar-refractivity contribution in [3.63, 3.8) is 0 Å². The lowest BCUT2D eigenvalue weighted by atomic mass is 10.1. The number of nitrogens with one attached hydrogen (secondary N) is 1. The van der Waals surface area contributed by atoms with Crippen molar-refractivity contribution in [2.24, 2.45) is 5.10 Å². The van der Waals surface area contributed by atoms with Gasteiger partial charge in [0.15, 0.2) is 0 Å². The van der Waals surface area contributed by atoms with Gasteiger partial charge in [0.25, 0.3) is 15.9 Å². The highest BCUT2D eigenvalue weighted by Crippen LogP contribution is 2.27. The summed E-state index contributed by atoms with van der Waals surface area (Å²) >= 11 is 5.94. The van der Waals surface area contributed by atoms with Crippen LogP contribution in [0.1, 0.15) is 16.7 Å². The van der Waals surface area contributed by atoms with E-state index in [0.717, 1.165) is 16.1 Å². The van der Waals surface area contributed by atoms with Crippen LogP contribution in [0, 0.1) is 19.7 Å². The van der Waals surface area contributed by atoms with Crippen LogP contribution >= 0.6 is 11.6 Å². The number of hydrazone groups is 1. The molecule has 0 unspecified atom stereocenters. The summed E-state index contributed by atoms with van der Waals surface area (Å²) in [7, 11) is -4.04. The first-order chi connectivity index (χ1) is 15.2. The molecule has 9 heteroatoms. The highest BCUT2D eigenvalue weighted by molar-refractivity contribution is 7.92. The smallest absolute Gasteiger partial charge is 0.264 e. The zero-order valence-electron chi connectivity index (χ0n) is 17.4. The number of benzene rings is 3. The van der Waals surface area contributed by atoms with Crippen molar-refractivity contribution in [1.82, 2.24) is 5.43 Å². The van der Waals surface area contributed by atoms with Crippen LogP contribution in [0.15, 0.2) is 76.7 Å². The molecular formula is C23H21ClFN3O3S. The van der Waals surface area contributed by atoms with E-state index in [0.29, 0.717) is 11.3 Å². The lowest BCUT2D eigenvalue weighted by molar-refractivity contribution is -0.119. The van der Waals surface area contributed by atoms with Crippen LogP contribution in [0.4, 0.5) is 10.1 Å². The van der Waals surface area contributed by atoms with E-state index in [1.165, 1.54) is 30.3 Å². The van der Waals surface area contributed by atoms with Crippen molar-refractivity contribution in [3.05, 3.63) is 94.3 Å². The Morgan fingerprint density at radius 1 is 1.09 bits per heavy atom. The van der Waals surface area contributed by atoms with Crippen molar-refractivity contribution >= 4 is 39.4 Å². The predicted molar refractivity (Wildman–Crippen MR) is 124 cm³/mol. The summed E-state index contributed by atoms with van der Waals surface area (Å²) in [5.41, 5.74) is 4.27. The lowest BCUT2D eigenvalue weighted by Crippen LogP contribution is -2.40. The molecule has 0 radical (unpaired) electrons. The number of aryl methyl sites for hydroxylation is 2. The number of nitrogens with zero attached hydrogens (tertiary/aromatic N) is 2. The minimum atomic E-state index is -4.04. The normalized spacial score (nSPS) is 11.5. The fraction of sp³-hybridized carbons (Fsp3) is 0.130. The van der Waals surface area contributed by atoms with Gasteiger partial charge >= 0.3 is 0 Å². The largest absolute Gasteiger partial charge is 0.271 e.